The van der Waals surface area contributed by atoms with Gasteiger partial charge >= 0.3 is 12.1 Å². The van der Waals surface area contributed by atoms with Crippen LogP contribution >= 0.6 is 0 Å². The van der Waals surface area contributed by atoms with E-state index in [0.29, 0.717) is 5.56 Å². The van der Waals surface area contributed by atoms with E-state index >= 15 is 0 Å². The lowest BCUT2D eigenvalue weighted by atomic mass is 10.2. The van der Waals surface area contributed by atoms with Crippen molar-refractivity contribution < 1.29 is 31.1 Å². The molecule has 0 saturated carbocycles. The molecule has 0 saturated heterocycles. The fraction of sp³-hybridized carbons (Fsp3) is 0.417. The Morgan fingerprint density at radius 2 is 1.76 bits per heavy atom. The Morgan fingerprint density at radius 3 is 2.19 bits per heavy atom. The molecule has 0 aliphatic heterocycles. The summed E-state index contributed by atoms with van der Waals surface area (Å²) in [7, 11) is -2.16. The second kappa shape index (κ2) is 6.44. The molecule has 1 aromatic carbocycles. The van der Waals surface area contributed by atoms with E-state index in [-0.39, 0.29) is 15.6 Å². The van der Waals surface area contributed by atoms with Gasteiger partial charge in [0.05, 0.1) is 18.4 Å². The summed E-state index contributed by atoms with van der Waals surface area (Å²) in [6.45, 7) is -1.57. The van der Waals surface area contributed by atoms with E-state index in [1.807, 2.05) is 0 Å². The molecule has 1 aromatic rings. The summed E-state index contributed by atoms with van der Waals surface area (Å²) in [5.74, 6) is -0.500. The Hall–Kier alpha value is -1.61. The first-order valence-corrected chi connectivity index (χ1v) is 7.19. The molecule has 0 spiro atoms. The molecule has 0 unspecified atom stereocenters. The molecule has 118 valence electrons. The zero-order valence-electron chi connectivity index (χ0n) is 11.3. The molecule has 0 heterocycles. The summed E-state index contributed by atoms with van der Waals surface area (Å²) < 4.78 is 65.3. The second-order valence-electron chi connectivity index (χ2n) is 4.27. The van der Waals surface area contributed by atoms with Crippen molar-refractivity contribution >= 4 is 16.0 Å². The lowest BCUT2D eigenvalue weighted by Crippen LogP contribution is -2.35. The number of hydrogen-bond acceptors (Lipinski definition) is 4. The van der Waals surface area contributed by atoms with E-state index in [2.05, 4.69) is 4.74 Å². The van der Waals surface area contributed by atoms with Gasteiger partial charge in [-0.3, -0.25) is 4.79 Å². The van der Waals surface area contributed by atoms with Gasteiger partial charge in [0.25, 0.3) is 0 Å². The minimum absolute atomic E-state index is 0.0464. The summed E-state index contributed by atoms with van der Waals surface area (Å²) in [5, 5.41) is 0. The average Bonchev–Trinajstić information content (AvgIpc) is 2.37. The number of alkyl halides is 3. The summed E-state index contributed by atoms with van der Waals surface area (Å²) >= 11 is 0. The topological polar surface area (TPSA) is 63.7 Å². The Bertz CT molecular complexity index is 596. The molecule has 0 radical (unpaired) electrons. The van der Waals surface area contributed by atoms with Crippen molar-refractivity contribution in [3.63, 3.8) is 0 Å². The summed E-state index contributed by atoms with van der Waals surface area (Å²) in [6.07, 6.45) is -4.66. The number of methoxy groups -OCH3 is 1. The number of esters is 1. The van der Waals surface area contributed by atoms with Crippen molar-refractivity contribution in [3.8, 4) is 0 Å². The maximum absolute atomic E-state index is 12.2. The predicted molar refractivity (Wildman–Crippen MR) is 68.0 cm³/mol. The highest BCUT2D eigenvalue weighted by molar-refractivity contribution is 7.89. The van der Waals surface area contributed by atoms with Crippen molar-refractivity contribution in [2.24, 2.45) is 0 Å². The van der Waals surface area contributed by atoms with Crippen LogP contribution in [-0.4, -0.2) is 45.6 Å². The predicted octanol–water partition coefficient (Wildman–Crippen LogP) is 1.58. The highest BCUT2D eigenvalue weighted by Crippen LogP contribution is 2.21. The van der Waals surface area contributed by atoms with Gasteiger partial charge in [-0.1, -0.05) is 12.1 Å². The van der Waals surface area contributed by atoms with Gasteiger partial charge in [0.15, 0.2) is 0 Å². The number of ether oxygens (including phenoxy) is 1. The molecule has 0 aliphatic rings. The van der Waals surface area contributed by atoms with Crippen LogP contribution in [0.25, 0.3) is 0 Å². The molecule has 21 heavy (non-hydrogen) atoms. The monoisotopic (exact) mass is 325 g/mol. The third-order valence-corrected chi connectivity index (χ3v) is 4.43. The van der Waals surface area contributed by atoms with E-state index in [0.717, 1.165) is 19.2 Å². The number of benzene rings is 1. The smallest absolute Gasteiger partial charge is 0.402 e. The minimum Gasteiger partial charge on any atom is -0.469 e. The Kier molecular flexibility index (Phi) is 5.35. The molecule has 9 heteroatoms. The molecule has 0 bridgehead atoms. The second-order valence-corrected chi connectivity index (χ2v) is 6.32. The Balaban J connectivity index is 2.92. The Labute approximate surface area is 120 Å². The molecule has 5 nitrogen and oxygen atoms in total. The molecule has 0 amide bonds. The van der Waals surface area contributed by atoms with E-state index in [4.69, 9.17) is 0 Å². The van der Waals surface area contributed by atoms with E-state index in [1.165, 1.54) is 19.2 Å². The molecule has 0 aliphatic carbocycles. The van der Waals surface area contributed by atoms with Crippen LogP contribution in [-0.2, 0) is 26.0 Å². The summed E-state index contributed by atoms with van der Waals surface area (Å²) in [6, 6.07) is 5.01. The number of halogens is 3. The van der Waals surface area contributed by atoms with Gasteiger partial charge in [-0.05, 0) is 17.7 Å². The maximum Gasteiger partial charge on any atom is 0.402 e. The van der Waals surface area contributed by atoms with Crippen molar-refractivity contribution in [2.75, 3.05) is 20.7 Å². The molecule has 0 N–H and O–H groups in total. The van der Waals surface area contributed by atoms with Gasteiger partial charge in [0.2, 0.25) is 10.0 Å². The fourth-order valence-corrected chi connectivity index (χ4v) is 2.69. The highest BCUT2D eigenvalue weighted by Gasteiger charge is 2.34. The van der Waals surface area contributed by atoms with Gasteiger partial charge in [0.1, 0.15) is 6.54 Å². The first kappa shape index (κ1) is 17.4. The van der Waals surface area contributed by atoms with Crippen LogP contribution in [0.1, 0.15) is 5.56 Å². The van der Waals surface area contributed by atoms with Crippen LogP contribution < -0.4 is 0 Å². The third kappa shape index (κ3) is 5.01. The standard InChI is InChI=1S/C12H14F3NO4S/c1-16(8-12(13,14)15)21(18,19)10-5-3-9(4-6-10)7-11(17)20-2/h3-6H,7-8H2,1-2H3. The van der Waals surface area contributed by atoms with Crippen LogP contribution in [0.4, 0.5) is 13.2 Å². The highest BCUT2D eigenvalue weighted by atomic mass is 32.2. The minimum atomic E-state index is -4.62. The number of nitrogens with zero attached hydrogens (tertiary/aromatic N) is 1. The van der Waals surface area contributed by atoms with Gasteiger partial charge in [-0.2, -0.15) is 17.5 Å². The van der Waals surface area contributed by atoms with Crippen molar-refractivity contribution in [1.29, 1.82) is 0 Å². The lowest BCUT2D eigenvalue weighted by molar-refractivity contribution is -0.139. The zero-order valence-corrected chi connectivity index (χ0v) is 12.2. The number of sulfonamides is 1. The summed E-state index contributed by atoms with van der Waals surface area (Å²) in [4.78, 5) is 10.8. The third-order valence-electron chi connectivity index (χ3n) is 2.61. The van der Waals surface area contributed by atoms with Gasteiger partial charge < -0.3 is 4.74 Å². The van der Waals surface area contributed by atoms with Crippen LogP contribution in [0.3, 0.4) is 0 Å². The normalized spacial score (nSPS) is 12.5. The van der Waals surface area contributed by atoms with Gasteiger partial charge in [-0.25, -0.2) is 8.42 Å². The molecule has 0 atom stereocenters. The molecule has 1 rings (SSSR count). The molecule has 0 aromatic heterocycles. The van der Waals surface area contributed by atoms with E-state index < -0.39 is 28.7 Å². The van der Waals surface area contributed by atoms with Crippen molar-refractivity contribution in [1.82, 2.24) is 4.31 Å². The van der Waals surface area contributed by atoms with E-state index in [1.54, 1.807) is 0 Å². The zero-order chi connectivity index (χ0) is 16.3. The maximum atomic E-state index is 12.2. The van der Waals surface area contributed by atoms with Crippen LogP contribution in [0, 0.1) is 0 Å². The fourth-order valence-electron chi connectivity index (χ4n) is 1.54. The number of carbonyl (C=O) groups is 1. The lowest BCUT2D eigenvalue weighted by Gasteiger charge is -2.18. The quantitative estimate of drug-likeness (QED) is 0.771. The van der Waals surface area contributed by atoms with Crippen molar-refractivity contribution in [3.05, 3.63) is 29.8 Å². The SMILES string of the molecule is COC(=O)Cc1ccc(S(=O)(=O)N(C)CC(F)(F)F)cc1. The largest absolute Gasteiger partial charge is 0.469 e. The molecular weight excluding hydrogens is 311 g/mol. The summed E-state index contributed by atoms with van der Waals surface area (Å²) in [5.41, 5.74) is 0.499. The van der Waals surface area contributed by atoms with Crippen LogP contribution in [0.15, 0.2) is 29.2 Å². The Morgan fingerprint density at radius 1 is 1.24 bits per heavy atom. The van der Waals surface area contributed by atoms with Gasteiger partial charge in [-0.15, -0.1) is 0 Å². The van der Waals surface area contributed by atoms with Crippen LogP contribution in [0.5, 0.6) is 0 Å². The van der Waals surface area contributed by atoms with Crippen LogP contribution in [0.2, 0.25) is 0 Å². The van der Waals surface area contributed by atoms with Crippen molar-refractivity contribution in [2.45, 2.75) is 17.5 Å². The number of hydrogen-bond donors (Lipinski definition) is 0. The van der Waals surface area contributed by atoms with E-state index in [9.17, 15) is 26.4 Å². The molecular formula is C12H14F3NO4S. The first-order chi connectivity index (χ1) is 9.56. The average molecular weight is 325 g/mol. The van der Waals surface area contributed by atoms with Gasteiger partial charge in [0, 0.05) is 7.05 Å². The number of carbonyl (C=O) groups excluding carboxylic acids is 1. The number of rotatable bonds is 5. The molecule has 0 fully saturated rings. The first-order valence-electron chi connectivity index (χ1n) is 5.75.